The second-order valence-corrected chi connectivity index (χ2v) is 10.7. The Morgan fingerprint density at radius 1 is 1.23 bits per heavy atom. The van der Waals surface area contributed by atoms with Crippen LogP contribution in [0.2, 0.25) is 5.15 Å². The SMILES string of the molecule is Cc1ccc(CSCCNC(=O)C2CCN(S(=O)(=O)c3cccnc3Cl)CC2)cc1. The zero-order valence-electron chi connectivity index (χ0n) is 16.9. The van der Waals surface area contributed by atoms with Gasteiger partial charge in [-0.3, -0.25) is 4.79 Å². The molecule has 1 N–H and O–H groups in total. The van der Waals surface area contributed by atoms with Crippen LogP contribution in [0.4, 0.5) is 0 Å². The fourth-order valence-electron chi connectivity index (χ4n) is 3.33. The van der Waals surface area contributed by atoms with E-state index in [1.807, 2.05) is 0 Å². The third-order valence-electron chi connectivity index (χ3n) is 5.10. The molecule has 3 rings (SSSR count). The van der Waals surface area contributed by atoms with E-state index in [-0.39, 0.29) is 21.9 Å². The molecule has 162 valence electrons. The highest BCUT2D eigenvalue weighted by Gasteiger charge is 2.33. The monoisotopic (exact) mass is 467 g/mol. The Morgan fingerprint density at radius 3 is 2.60 bits per heavy atom. The van der Waals surface area contributed by atoms with Crippen molar-refractivity contribution >= 4 is 39.3 Å². The number of carbonyl (C=O) groups is 1. The molecule has 9 heteroatoms. The summed E-state index contributed by atoms with van der Waals surface area (Å²) >= 11 is 7.74. The molecule has 1 fully saturated rings. The Kier molecular flexibility index (Phi) is 8.16. The van der Waals surface area contributed by atoms with E-state index in [0.29, 0.717) is 32.5 Å². The number of hydrogen-bond acceptors (Lipinski definition) is 5. The minimum atomic E-state index is -3.69. The van der Waals surface area contributed by atoms with Crippen LogP contribution in [0.15, 0.2) is 47.5 Å². The van der Waals surface area contributed by atoms with Crippen molar-refractivity contribution in [1.82, 2.24) is 14.6 Å². The van der Waals surface area contributed by atoms with E-state index in [4.69, 9.17) is 11.6 Å². The Bertz CT molecular complexity index is 960. The van der Waals surface area contributed by atoms with Gasteiger partial charge in [0.2, 0.25) is 15.9 Å². The summed E-state index contributed by atoms with van der Waals surface area (Å²) in [6, 6.07) is 11.5. The Balaban J connectivity index is 1.40. The quantitative estimate of drug-likeness (QED) is 0.474. The van der Waals surface area contributed by atoms with Crippen molar-refractivity contribution in [1.29, 1.82) is 0 Å². The second kappa shape index (κ2) is 10.6. The van der Waals surface area contributed by atoms with E-state index < -0.39 is 10.0 Å². The molecule has 0 atom stereocenters. The molecule has 0 spiro atoms. The maximum Gasteiger partial charge on any atom is 0.246 e. The number of pyridine rings is 1. The molecule has 6 nitrogen and oxygen atoms in total. The summed E-state index contributed by atoms with van der Waals surface area (Å²) in [5.41, 5.74) is 2.53. The summed E-state index contributed by atoms with van der Waals surface area (Å²) in [5.74, 6) is 1.60. The summed E-state index contributed by atoms with van der Waals surface area (Å²) in [5, 5.41) is 2.96. The summed E-state index contributed by atoms with van der Waals surface area (Å²) in [4.78, 5) is 16.3. The van der Waals surface area contributed by atoms with Crippen LogP contribution < -0.4 is 5.32 Å². The average Bonchev–Trinajstić information content (AvgIpc) is 2.75. The highest BCUT2D eigenvalue weighted by Crippen LogP contribution is 2.27. The van der Waals surface area contributed by atoms with E-state index in [9.17, 15) is 13.2 Å². The molecule has 30 heavy (non-hydrogen) atoms. The lowest BCUT2D eigenvalue weighted by molar-refractivity contribution is -0.125. The molecule has 1 aromatic heterocycles. The predicted molar refractivity (Wildman–Crippen MR) is 121 cm³/mol. The van der Waals surface area contributed by atoms with Crippen LogP contribution in [-0.4, -0.2) is 49.0 Å². The maximum atomic E-state index is 12.8. The van der Waals surface area contributed by atoms with E-state index in [1.165, 1.54) is 27.7 Å². The number of amides is 1. The molecular formula is C21H26ClN3O3S2. The molecule has 2 heterocycles. The number of piperidine rings is 1. The first-order chi connectivity index (χ1) is 14.4. The molecule has 0 radical (unpaired) electrons. The highest BCUT2D eigenvalue weighted by molar-refractivity contribution is 7.98. The number of nitrogens with zero attached hydrogens (tertiary/aromatic N) is 2. The van der Waals surface area contributed by atoms with Crippen molar-refractivity contribution in [3.8, 4) is 0 Å². The number of hydrogen-bond donors (Lipinski definition) is 1. The number of aromatic nitrogens is 1. The number of thioether (sulfide) groups is 1. The molecule has 0 unspecified atom stereocenters. The van der Waals surface area contributed by atoms with Gasteiger partial charge in [-0.25, -0.2) is 13.4 Å². The maximum absolute atomic E-state index is 12.8. The molecule has 2 aromatic rings. The van der Waals surface area contributed by atoms with Crippen molar-refractivity contribution in [3.05, 3.63) is 58.9 Å². The third kappa shape index (κ3) is 5.97. The lowest BCUT2D eigenvalue weighted by atomic mass is 9.97. The molecular weight excluding hydrogens is 442 g/mol. The second-order valence-electron chi connectivity index (χ2n) is 7.30. The lowest BCUT2D eigenvalue weighted by Crippen LogP contribution is -2.43. The summed E-state index contributed by atoms with van der Waals surface area (Å²) in [6.07, 6.45) is 2.45. The lowest BCUT2D eigenvalue weighted by Gasteiger charge is -2.30. The highest BCUT2D eigenvalue weighted by atomic mass is 35.5. The van der Waals surface area contributed by atoms with E-state index in [1.54, 1.807) is 17.8 Å². The number of aryl methyl sites for hydroxylation is 1. The van der Waals surface area contributed by atoms with Crippen LogP contribution in [0.1, 0.15) is 24.0 Å². The van der Waals surface area contributed by atoms with Gasteiger partial charge >= 0.3 is 0 Å². The van der Waals surface area contributed by atoms with E-state index in [2.05, 4.69) is 41.5 Å². The van der Waals surface area contributed by atoms with Gasteiger partial charge in [0.25, 0.3) is 0 Å². The van der Waals surface area contributed by atoms with Crippen LogP contribution in [0.25, 0.3) is 0 Å². The van der Waals surface area contributed by atoms with Gasteiger partial charge in [-0.1, -0.05) is 41.4 Å². The van der Waals surface area contributed by atoms with Gasteiger partial charge in [-0.15, -0.1) is 0 Å². The van der Waals surface area contributed by atoms with E-state index in [0.717, 1.165) is 11.5 Å². The molecule has 0 aliphatic carbocycles. The topological polar surface area (TPSA) is 79.4 Å². The van der Waals surface area contributed by atoms with Crippen molar-refractivity contribution < 1.29 is 13.2 Å². The van der Waals surface area contributed by atoms with Gasteiger partial charge < -0.3 is 5.32 Å². The number of carbonyl (C=O) groups excluding carboxylic acids is 1. The van der Waals surface area contributed by atoms with E-state index >= 15 is 0 Å². The first-order valence-corrected chi connectivity index (χ1v) is 12.9. The number of halogens is 1. The van der Waals surface area contributed by atoms with Crippen LogP contribution in [0, 0.1) is 12.8 Å². The standard InChI is InChI=1S/C21H26ClN3O3S2/c1-16-4-6-17(7-5-16)15-29-14-11-24-21(26)18-8-12-25(13-9-18)30(27,28)19-3-2-10-23-20(19)22/h2-7,10,18H,8-9,11-15H2,1H3,(H,24,26). The fraction of sp³-hybridized carbons (Fsp3) is 0.429. The van der Waals surface area contributed by atoms with Crippen molar-refractivity contribution in [2.24, 2.45) is 5.92 Å². The zero-order chi connectivity index (χ0) is 21.6. The summed E-state index contributed by atoms with van der Waals surface area (Å²) < 4.78 is 26.9. The van der Waals surface area contributed by atoms with Gasteiger partial charge in [0.15, 0.2) is 0 Å². The normalized spacial score (nSPS) is 15.8. The number of rotatable bonds is 8. The van der Waals surface area contributed by atoms with Gasteiger partial charge in [0, 0.05) is 43.3 Å². The average molecular weight is 468 g/mol. The number of sulfonamides is 1. The molecule has 0 bridgehead atoms. The number of nitrogens with one attached hydrogen (secondary N) is 1. The zero-order valence-corrected chi connectivity index (χ0v) is 19.3. The van der Waals surface area contributed by atoms with Crippen LogP contribution >= 0.6 is 23.4 Å². The van der Waals surface area contributed by atoms with Gasteiger partial charge in [-0.2, -0.15) is 16.1 Å². The van der Waals surface area contributed by atoms with Crippen LogP contribution in [0.3, 0.4) is 0 Å². The minimum Gasteiger partial charge on any atom is -0.355 e. The molecule has 1 saturated heterocycles. The molecule has 1 amide bonds. The summed E-state index contributed by atoms with van der Waals surface area (Å²) in [6.45, 7) is 3.28. The molecule has 1 aliphatic heterocycles. The van der Waals surface area contributed by atoms with Crippen LogP contribution in [0.5, 0.6) is 0 Å². The van der Waals surface area contributed by atoms with Crippen LogP contribution in [-0.2, 0) is 20.6 Å². The third-order valence-corrected chi connectivity index (χ3v) is 8.48. The van der Waals surface area contributed by atoms with Crippen molar-refractivity contribution in [3.63, 3.8) is 0 Å². The largest absolute Gasteiger partial charge is 0.355 e. The predicted octanol–water partition coefficient (Wildman–Crippen LogP) is 3.49. The fourth-order valence-corrected chi connectivity index (χ4v) is 6.04. The Hall–Kier alpha value is -1.61. The Labute approximate surface area is 187 Å². The van der Waals surface area contributed by atoms with Crippen molar-refractivity contribution in [2.45, 2.75) is 30.4 Å². The molecule has 1 aromatic carbocycles. The molecule has 0 saturated carbocycles. The van der Waals surface area contributed by atoms with Gasteiger partial charge in [0.05, 0.1) is 0 Å². The first-order valence-electron chi connectivity index (χ1n) is 9.89. The summed E-state index contributed by atoms with van der Waals surface area (Å²) in [7, 11) is -3.69. The van der Waals surface area contributed by atoms with Gasteiger partial charge in [-0.05, 0) is 37.5 Å². The van der Waals surface area contributed by atoms with Crippen molar-refractivity contribution in [2.75, 3.05) is 25.4 Å². The minimum absolute atomic E-state index is 0.00222. The molecule has 1 aliphatic rings. The smallest absolute Gasteiger partial charge is 0.246 e. The number of benzene rings is 1. The first kappa shape index (κ1) is 23.1. The Morgan fingerprint density at radius 2 is 1.93 bits per heavy atom. The van der Waals surface area contributed by atoms with Gasteiger partial charge in [0.1, 0.15) is 10.0 Å².